The van der Waals surface area contributed by atoms with Crippen molar-refractivity contribution >= 4 is 132 Å². The van der Waals surface area contributed by atoms with Gasteiger partial charge in [-0.3, -0.25) is 48.2 Å². The summed E-state index contributed by atoms with van der Waals surface area (Å²) in [5.41, 5.74) is 13.7. The smallest absolute Gasteiger partial charge is 0.278 e. The van der Waals surface area contributed by atoms with Gasteiger partial charge in [-0.25, -0.2) is 9.97 Å². The molecule has 0 aliphatic rings. The quantitative estimate of drug-likeness (QED) is 0.0123. The molecule has 0 amide bonds. The number of hydrogen-bond donors (Lipinski definition) is 2. The summed E-state index contributed by atoms with van der Waals surface area (Å²) >= 11 is 0. The first-order valence-electron chi connectivity index (χ1n) is 26.2. The molecule has 4 N–H and O–H groups in total. The predicted octanol–water partition coefficient (Wildman–Crippen LogP) is 13.6. The summed E-state index contributed by atoms with van der Waals surface area (Å²) in [6.07, 6.45) is 17.7. The minimum Gasteiger partial charge on any atom is -0.398 e. The lowest BCUT2D eigenvalue weighted by Gasteiger charge is -2.18. The molecule has 11 rings (SSSR count). The van der Waals surface area contributed by atoms with Gasteiger partial charge in [-0.15, -0.1) is 0 Å². The van der Waals surface area contributed by atoms with E-state index in [1.807, 2.05) is 0 Å². The van der Waals surface area contributed by atoms with Gasteiger partial charge in [0, 0.05) is 90.6 Å². The number of carbonyl (C=O) groups excluding carboxylic acids is 2. The number of nitro benzene ring substituents is 2. The number of non-ortho nitro benzene ring substituents is 2. The van der Waals surface area contributed by atoms with Crippen molar-refractivity contribution in [3.63, 3.8) is 0 Å². The van der Waals surface area contributed by atoms with Gasteiger partial charge in [-0.05, 0) is 60.0 Å². The molecule has 16 nitrogen and oxygen atoms in total. The number of nitrogens with zero attached hydrogens (tertiary/aromatic N) is 6. The average Bonchev–Trinajstić information content (AvgIpc) is 3.97. The van der Waals surface area contributed by atoms with Gasteiger partial charge >= 0.3 is 0 Å². The fraction of sp³-hybridized carbons (Fsp3) is 0.345. The first-order chi connectivity index (χ1) is 35.8. The Kier molecular flexibility index (Phi) is 12.4. The van der Waals surface area contributed by atoms with Crippen LogP contribution in [0.5, 0.6) is 0 Å². The second-order valence-electron chi connectivity index (χ2n) is 20.3. The Labute approximate surface area is 422 Å². The maximum absolute atomic E-state index is 14.9. The number of nitrogen functional groups attached to an aromatic ring is 2. The highest BCUT2D eigenvalue weighted by Crippen LogP contribution is 2.51. The van der Waals surface area contributed by atoms with E-state index in [1.54, 1.807) is 48.5 Å². The molecule has 0 bridgehead atoms. The van der Waals surface area contributed by atoms with Crippen LogP contribution in [0.1, 0.15) is 150 Å². The SMILES string of the molecule is CCCCCCCCCCC(=O)c1cc2c(cc1N)nc1c3cc([N+](=O)[O-])c4c5ccc6c(=O)n7c8cc(C(=O)CCCCCCCCCC)c(N)cc8nc7c7cc([N+](=O)[O-])c(c8ccc(c(=O)n21)c3c84)c5c67. The van der Waals surface area contributed by atoms with Crippen molar-refractivity contribution in [1.29, 1.82) is 0 Å². The van der Waals surface area contributed by atoms with Crippen LogP contribution in [0.2, 0.25) is 0 Å². The fourth-order valence-corrected chi connectivity index (χ4v) is 11.9. The summed E-state index contributed by atoms with van der Waals surface area (Å²) < 4.78 is 2.72. The number of anilines is 2. The third-order valence-corrected chi connectivity index (χ3v) is 15.6. The Hall–Kier alpha value is -8.14. The first-order valence-corrected chi connectivity index (χ1v) is 26.2. The number of hydrogen-bond acceptors (Lipinski definition) is 12. The van der Waals surface area contributed by atoms with E-state index in [9.17, 15) is 39.4 Å². The van der Waals surface area contributed by atoms with Gasteiger partial charge < -0.3 is 11.5 Å². The Morgan fingerprint density at radius 3 is 1.19 bits per heavy atom. The lowest BCUT2D eigenvalue weighted by Crippen LogP contribution is -2.15. The number of rotatable bonds is 22. The van der Waals surface area contributed by atoms with Crippen LogP contribution in [0.4, 0.5) is 22.7 Å². The minimum absolute atomic E-state index is 0.102. The number of ketones is 2. The van der Waals surface area contributed by atoms with Gasteiger partial charge in [0.15, 0.2) is 11.6 Å². The molecule has 7 aromatic carbocycles. The van der Waals surface area contributed by atoms with Crippen molar-refractivity contribution < 1.29 is 19.4 Å². The molecule has 4 heterocycles. The van der Waals surface area contributed by atoms with Crippen molar-refractivity contribution in [3.8, 4) is 0 Å². The molecule has 11 aromatic rings. The highest BCUT2D eigenvalue weighted by molar-refractivity contribution is 6.43. The monoisotopic (exact) mass is 992 g/mol. The van der Waals surface area contributed by atoms with Crippen LogP contribution < -0.4 is 22.6 Å². The second kappa shape index (κ2) is 19.0. The lowest BCUT2D eigenvalue weighted by molar-refractivity contribution is -0.383. The number of Topliss-reactive ketones (excluding diaryl/α,β-unsaturated/α-hetero) is 2. The zero-order valence-electron chi connectivity index (χ0n) is 41.6. The highest BCUT2D eigenvalue weighted by Gasteiger charge is 2.32. The molecular weight excluding hydrogens is 937 g/mol. The Morgan fingerprint density at radius 1 is 0.473 bits per heavy atom. The van der Waals surface area contributed by atoms with Crippen LogP contribution in [0.15, 0.2) is 70.3 Å². The molecule has 16 heteroatoms. The molecule has 0 aliphatic carbocycles. The number of carbonyl (C=O) groups is 2. The molecule has 0 fully saturated rings. The van der Waals surface area contributed by atoms with E-state index in [1.165, 1.54) is 72.3 Å². The molecule has 0 radical (unpaired) electrons. The van der Waals surface area contributed by atoms with Crippen molar-refractivity contribution in [2.45, 2.75) is 129 Å². The molecule has 0 saturated carbocycles. The van der Waals surface area contributed by atoms with Crippen molar-refractivity contribution in [2.75, 3.05) is 11.5 Å². The summed E-state index contributed by atoms with van der Waals surface area (Å²) in [5, 5.41) is 29.7. The number of fused-ring (bicyclic) bond motifs is 10. The maximum Gasteiger partial charge on any atom is 0.278 e. The normalized spacial score (nSPS) is 12.4. The number of pyridine rings is 2. The zero-order valence-corrected chi connectivity index (χ0v) is 41.6. The van der Waals surface area contributed by atoms with E-state index in [2.05, 4.69) is 13.8 Å². The number of imidazole rings is 2. The Morgan fingerprint density at radius 2 is 0.824 bits per heavy atom. The molecule has 0 atom stereocenters. The summed E-state index contributed by atoms with van der Waals surface area (Å²) in [6.45, 7) is 4.37. The number of nitrogens with two attached hydrogens (primary N) is 2. The van der Waals surface area contributed by atoms with E-state index in [0.29, 0.717) is 45.7 Å². The molecule has 74 heavy (non-hydrogen) atoms. The predicted molar refractivity (Wildman–Crippen MR) is 295 cm³/mol. The third-order valence-electron chi connectivity index (χ3n) is 15.6. The summed E-state index contributed by atoms with van der Waals surface area (Å²) in [5.74, 6) is -0.309. The van der Waals surface area contributed by atoms with Gasteiger partial charge in [0.25, 0.3) is 22.5 Å². The standard InChI is InChI=1S/C58H56N8O8/c1-3-5-7-9-11-13-15-17-19-47(67)35-25-43-41(29-39(35)59)61-55-37-27-45(65(71)72)51-32-22-24-34-50-38(28-46(66(73)74)52(54(32)50)31-21-23-33(49(37)53(31)51)57(69)63(43)55)56-62-42-30-40(60)36(26-44(42)64(56)58(34)70)48(68)20-18-16-14-12-10-8-6-4-2/h21-30H,3-20,59-60H2,1-2H3. The molecule has 0 aliphatic heterocycles. The van der Waals surface area contributed by atoms with Gasteiger partial charge in [0.2, 0.25) is 0 Å². The minimum atomic E-state index is -0.525. The van der Waals surface area contributed by atoms with Gasteiger partial charge in [-0.2, -0.15) is 0 Å². The van der Waals surface area contributed by atoms with E-state index in [0.717, 1.165) is 38.5 Å². The van der Waals surface area contributed by atoms with E-state index >= 15 is 0 Å². The molecular formula is C58H56N8O8. The Balaban J connectivity index is 1.07. The number of unbranched alkanes of at least 4 members (excludes halogenated alkanes) is 14. The van der Waals surface area contributed by atoms with E-state index in [4.69, 9.17) is 21.4 Å². The Bertz CT molecular complexity index is 3980. The van der Waals surface area contributed by atoms with E-state index in [-0.39, 0.29) is 123 Å². The zero-order chi connectivity index (χ0) is 51.7. The molecule has 376 valence electrons. The molecule has 0 saturated heterocycles. The number of benzene rings is 7. The van der Waals surface area contributed by atoms with Crippen molar-refractivity contribution in [3.05, 3.63) is 113 Å². The van der Waals surface area contributed by atoms with Crippen LogP contribution in [0, 0.1) is 20.2 Å². The van der Waals surface area contributed by atoms with Crippen molar-refractivity contribution in [2.24, 2.45) is 0 Å². The van der Waals surface area contributed by atoms with Gasteiger partial charge in [0.05, 0.1) is 42.7 Å². The van der Waals surface area contributed by atoms with Crippen LogP contribution in [0.3, 0.4) is 0 Å². The third kappa shape index (κ3) is 7.63. The van der Waals surface area contributed by atoms with Crippen LogP contribution >= 0.6 is 0 Å². The van der Waals surface area contributed by atoms with Crippen LogP contribution in [-0.2, 0) is 0 Å². The number of aromatic nitrogens is 4. The fourth-order valence-electron chi connectivity index (χ4n) is 11.9. The largest absolute Gasteiger partial charge is 0.398 e. The van der Waals surface area contributed by atoms with Gasteiger partial charge in [-0.1, -0.05) is 116 Å². The van der Waals surface area contributed by atoms with Gasteiger partial charge in [0.1, 0.15) is 11.3 Å². The van der Waals surface area contributed by atoms with E-state index < -0.39 is 21.0 Å². The number of nitro groups is 2. The molecule has 0 unspecified atom stereocenters. The maximum atomic E-state index is 14.9. The molecule has 4 aromatic heterocycles. The highest BCUT2D eigenvalue weighted by atomic mass is 16.6. The van der Waals surface area contributed by atoms with Crippen molar-refractivity contribution in [1.82, 2.24) is 18.8 Å². The average molecular weight is 993 g/mol. The lowest BCUT2D eigenvalue weighted by atomic mass is 9.84. The summed E-state index contributed by atoms with van der Waals surface area (Å²) in [6, 6.07) is 15.3. The van der Waals surface area contributed by atoms with Crippen LogP contribution in [-0.4, -0.2) is 40.2 Å². The second-order valence-corrected chi connectivity index (χ2v) is 20.3. The van der Waals surface area contributed by atoms with Crippen LogP contribution in [0.25, 0.3) is 98.0 Å². The summed E-state index contributed by atoms with van der Waals surface area (Å²) in [7, 11) is 0. The summed E-state index contributed by atoms with van der Waals surface area (Å²) in [4.78, 5) is 92.5. The topological polar surface area (TPSA) is 241 Å². The molecule has 0 spiro atoms. The first kappa shape index (κ1) is 48.1.